The first-order valence-corrected chi connectivity index (χ1v) is 8.58. The molecule has 2 N–H and O–H groups in total. The second kappa shape index (κ2) is 10.3. The first-order valence-electron chi connectivity index (χ1n) is 8.58. The summed E-state index contributed by atoms with van der Waals surface area (Å²) in [5.74, 6) is 1.20. The highest BCUT2D eigenvalue weighted by Crippen LogP contribution is 2.17. The summed E-state index contributed by atoms with van der Waals surface area (Å²) in [6.07, 6.45) is -0.406. The predicted octanol–water partition coefficient (Wildman–Crippen LogP) is 3.11. The summed E-state index contributed by atoms with van der Waals surface area (Å²) < 4.78 is 16.3. The molecule has 0 saturated heterocycles. The van der Waals surface area contributed by atoms with Gasteiger partial charge in [0.1, 0.15) is 23.9 Å². The van der Waals surface area contributed by atoms with Gasteiger partial charge in [0, 0.05) is 13.1 Å². The molecule has 6 heteroatoms. The number of hydrogen-bond donors (Lipinski definition) is 2. The second-order valence-corrected chi connectivity index (χ2v) is 5.70. The van der Waals surface area contributed by atoms with Crippen molar-refractivity contribution in [2.75, 3.05) is 20.3 Å². The average molecular weight is 359 g/mol. The minimum atomic E-state index is -0.952. The summed E-state index contributed by atoms with van der Waals surface area (Å²) in [7, 11) is 1.63. The van der Waals surface area contributed by atoms with Crippen LogP contribution < -0.4 is 19.5 Å². The highest BCUT2D eigenvalue weighted by molar-refractivity contribution is 5.72. The summed E-state index contributed by atoms with van der Waals surface area (Å²) in [6, 6.07) is 14.9. The molecule has 2 aromatic rings. The van der Waals surface area contributed by atoms with Crippen LogP contribution in [0.15, 0.2) is 48.5 Å². The molecule has 6 nitrogen and oxygen atoms in total. The van der Waals surface area contributed by atoms with Crippen LogP contribution in [0.1, 0.15) is 18.9 Å². The molecular formula is C20H25NO5. The summed E-state index contributed by atoms with van der Waals surface area (Å²) in [4.78, 5) is 11.1. The Morgan fingerprint density at radius 2 is 1.85 bits per heavy atom. The van der Waals surface area contributed by atoms with Gasteiger partial charge in [-0.2, -0.15) is 0 Å². The van der Waals surface area contributed by atoms with Gasteiger partial charge in [-0.1, -0.05) is 19.1 Å². The van der Waals surface area contributed by atoms with E-state index in [0.29, 0.717) is 31.9 Å². The number of carboxylic acids is 1. The fraction of sp³-hybridized carbons (Fsp3) is 0.350. The molecule has 2 aromatic carbocycles. The van der Waals surface area contributed by atoms with Crippen LogP contribution in [-0.4, -0.2) is 37.4 Å². The first-order chi connectivity index (χ1) is 12.6. The third kappa shape index (κ3) is 6.29. The number of carbonyl (C=O) groups is 1. The van der Waals surface area contributed by atoms with Crippen molar-refractivity contribution in [1.82, 2.24) is 5.32 Å². The molecule has 1 unspecified atom stereocenters. The van der Waals surface area contributed by atoms with Gasteiger partial charge >= 0.3 is 5.97 Å². The quantitative estimate of drug-likeness (QED) is 0.601. The van der Waals surface area contributed by atoms with Crippen molar-refractivity contribution in [1.29, 1.82) is 0 Å². The first kappa shape index (κ1) is 19.6. The van der Waals surface area contributed by atoms with E-state index in [1.54, 1.807) is 20.1 Å². The van der Waals surface area contributed by atoms with Crippen LogP contribution in [-0.2, 0) is 11.3 Å². The summed E-state index contributed by atoms with van der Waals surface area (Å²) in [5, 5.41) is 12.4. The normalized spacial score (nSPS) is 11.6. The summed E-state index contributed by atoms with van der Waals surface area (Å²) >= 11 is 0. The molecule has 0 aliphatic rings. The Bertz CT molecular complexity index is 687. The lowest BCUT2D eigenvalue weighted by molar-refractivity contribution is -0.145. The van der Waals surface area contributed by atoms with Crippen LogP contribution in [0, 0.1) is 0 Å². The smallest absolute Gasteiger partial charge is 0.344 e. The maximum absolute atomic E-state index is 11.1. The van der Waals surface area contributed by atoms with Gasteiger partial charge in [0.25, 0.3) is 0 Å². The van der Waals surface area contributed by atoms with E-state index in [0.717, 1.165) is 17.1 Å². The van der Waals surface area contributed by atoms with Crippen molar-refractivity contribution in [2.45, 2.75) is 26.0 Å². The number of aliphatic carboxylic acids is 1. The zero-order valence-corrected chi connectivity index (χ0v) is 15.1. The molecule has 0 saturated carbocycles. The molecule has 140 valence electrons. The monoisotopic (exact) mass is 359 g/mol. The van der Waals surface area contributed by atoms with Gasteiger partial charge in [0.15, 0.2) is 6.10 Å². The molecule has 0 heterocycles. The maximum Gasteiger partial charge on any atom is 0.344 e. The topological polar surface area (TPSA) is 77.0 Å². The van der Waals surface area contributed by atoms with Gasteiger partial charge in [0.05, 0.1) is 7.11 Å². The van der Waals surface area contributed by atoms with E-state index in [1.165, 1.54) is 0 Å². The number of rotatable bonds is 11. The lowest BCUT2D eigenvalue weighted by Crippen LogP contribution is -2.26. The fourth-order valence-corrected chi connectivity index (χ4v) is 2.35. The number of benzene rings is 2. The number of ether oxygens (including phenoxy) is 3. The Labute approximate surface area is 153 Å². The van der Waals surface area contributed by atoms with E-state index in [-0.39, 0.29) is 0 Å². The molecule has 0 fully saturated rings. The summed E-state index contributed by atoms with van der Waals surface area (Å²) in [5.41, 5.74) is 1.02. The van der Waals surface area contributed by atoms with Crippen LogP contribution in [0.3, 0.4) is 0 Å². The minimum absolute atomic E-state index is 0.417. The Balaban J connectivity index is 1.73. The average Bonchev–Trinajstić information content (AvgIpc) is 2.66. The summed E-state index contributed by atoms with van der Waals surface area (Å²) in [6.45, 7) is 3.66. The maximum atomic E-state index is 11.1. The molecule has 26 heavy (non-hydrogen) atoms. The van der Waals surface area contributed by atoms with E-state index in [9.17, 15) is 4.79 Å². The van der Waals surface area contributed by atoms with E-state index in [1.807, 2.05) is 42.5 Å². The molecule has 0 aromatic heterocycles. The van der Waals surface area contributed by atoms with Gasteiger partial charge in [-0.25, -0.2) is 4.79 Å². The molecule has 0 aliphatic heterocycles. The zero-order chi connectivity index (χ0) is 18.8. The van der Waals surface area contributed by atoms with Crippen molar-refractivity contribution in [2.24, 2.45) is 0 Å². The third-order valence-corrected chi connectivity index (χ3v) is 3.76. The zero-order valence-electron chi connectivity index (χ0n) is 15.1. The van der Waals surface area contributed by atoms with Gasteiger partial charge in [-0.3, -0.25) is 0 Å². The predicted molar refractivity (Wildman–Crippen MR) is 99.0 cm³/mol. The van der Waals surface area contributed by atoms with Crippen LogP contribution in [0.2, 0.25) is 0 Å². The Morgan fingerprint density at radius 3 is 2.50 bits per heavy atom. The SMILES string of the molecule is CCC(Oc1cccc(CNCCOc2ccc(OC)cc2)c1)C(=O)O. The van der Waals surface area contributed by atoms with Crippen molar-refractivity contribution in [3.8, 4) is 17.2 Å². The fourth-order valence-electron chi connectivity index (χ4n) is 2.35. The Kier molecular flexibility index (Phi) is 7.76. The molecule has 0 spiro atoms. The minimum Gasteiger partial charge on any atom is -0.497 e. The molecule has 2 rings (SSSR count). The second-order valence-electron chi connectivity index (χ2n) is 5.70. The number of hydrogen-bond acceptors (Lipinski definition) is 5. The number of methoxy groups -OCH3 is 1. The molecule has 0 bridgehead atoms. The Hall–Kier alpha value is -2.73. The molecule has 0 radical (unpaired) electrons. The highest BCUT2D eigenvalue weighted by Gasteiger charge is 2.16. The van der Waals surface area contributed by atoms with Crippen LogP contribution in [0.5, 0.6) is 17.2 Å². The van der Waals surface area contributed by atoms with Crippen molar-refractivity contribution in [3.05, 3.63) is 54.1 Å². The molecular weight excluding hydrogens is 334 g/mol. The molecule has 0 aliphatic carbocycles. The lowest BCUT2D eigenvalue weighted by Gasteiger charge is -2.14. The highest BCUT2D eigenvalue weighted by atomic mass is 16.5. The van der Waals surface area contributed by atoms with Gasteiger partial charge in [-0.15, -0.1) is 0 Å². The van der Waals surface area contributed by atoms with Crippen molar-refractivity contribution < 1.29 is 24.1 Å². The van der Waals surface area contributed by atoms with Crippen LogP contribution in [0.25, 0.3) is 0 Å². The van der Waals surface area contributed by atoms with Gasteiger partial charge < -0.3 is 24.6 Å². The van der Waals surface area contributed by atoms with E-state index in [4.69, 9.17) is 19.3 Å². The number of carboxylic acid groups (broad SMARTS) is 1. The van der Waals surface area contributed by atoms with E-state index < -0.39 is 12.1 Å². The number of nitrogens with one attached hydrogen (secondary N) is 1. The van der Waals surface area contributed by atoms with E-state index in [2.05, 4.69) is 5.32 Å². The van der Waals surface area contributed by atoms with Crippen LogP contribution in [0.4, 0.5) is 0 Å². The molecule has 1 atom stereocenters. The largest absolute Gasteiger partial charge is 0.497 e. The van der Waals surface area contributed by atoms with Crippen LogP contribution >= 0.6 is 0 Å². The lowest BCUT2D eigenvalue weighted by atomic mass is 10.2. The van der Waals surface area contributed by atoms with Crippen molar-refractivity contribution >= 4 is 5.97 Å². The van der Waals surface area contributed by atoms with Gasteiger partial charge in [-0.05, 0) is 48.4 Å². The van der Waals surface area contributed by atoms with E-state index >= 15 is 0 Å². The third-order valence-electron chi connectivity index (χ3n) is 3.76. The standard InChI is InChI=1S/C20H25NO5/c1-3-19(20(22)23)26-18-6-4-5-15(13-18)14-21-11-12-25-17-9-7-16(24-2)8-10-17/h4-10,13,19,21H,3,11-12,14H2,1-2H3,(H,22,23). The van der Waals surface area contributed by atoms with Crippen molar-refractivity contribution in [3.63, 3.8) is 0 Å². The van der Waals surface area contributed by atoms with Gasteiger partial charge in [0.2, 0.25) is 0 Å². The Morgan fingerprint density at radius 1 is 1.12 bits per heavy atom. The molecule has 0 amide bonds.